The van der Waals surface area contributed by atoms with Crippen molar-refractivity contribution >= 4 is 17.5 Å². The van der Waals surface area contributed by atoms with Gasteiger partial charge in [-0.1, -0.05) is 6.92 Å². The largest absolute Gasteiger partial charge is 0.491 e. The molecule has 1 N–H and O–H groups in total. The maximum absolute atomic E-state index is 13.5. The summed E-state index contributed by atoms with van der Waals surface area (Å²) in [6, 6.07) is 10.4. The average molecular weight is 524 g/mol. The molecule has 38 heavy (non-hydrogen) atoms. The van der Waals surface area contributed by atoms with E-state index >= 15 is 0 Å². The number of amides is 2. The van der Waals surface area contributed by atoms with E-state index in [9.17, 15) is 9.59 Å². The Morgan fingerprint density at radius 3 is 2.58 bits per heavy atom. The lowest BCUT2D eigenvalue weighted by Gasteiger charge is -2.36. The molecule has 3 atom stereocenters. The average Bonchev–Trinajstić information content (AvgIpc) is 3.61. The van der Waals surface area contributed by atoms with Crippen molar-refractivity contribution in [3.8, 4) is 17.2 Å². The molecule has 1 aliphatic carbocycles. The van der Waals surface area contributed by atoms with Crippen molar-refractivity contribution in [2.45, 2.75) is 38.8 Å². The Labute approximate surface area is 224 Å². The Morgan fingerprint density at radius 2 is 1.82 bits per heavy atom. The maximum Gasteiger partial charge on any atom is 0.257 e. The van der Waals surface area contributed by atoms with Crippen LogP contribution in [-0.2, 0) is 4.74 Å². The fraction of sp³-hybridized carbons (Fsp3) is 0.517. The summed E-state index contributed by atoms with van der Waals surface area (Å²) >= 11 is 0. The second kappa shape index (κ2) is 11.2. The molecule has 2 heterocycles. The molecule has 1 saturated carbocycles. The van der Waals surface area contributed by atoms with Crippen LogP contribution in [0, 0.1) is 11.8 Å². The minimum Gasteiger partial charge on any atom is -0.491 e. The van der Waals surface area contributed by atoms with Gasteiger partial charge in [-0.25, -0.2) is 0 Å². The van der Waals surface area contributed by atoms with Gasteiger partial charge in [0.2, 0.25) is 6.79 Å². The zero-order valence-corrected chi connectivity index (χ0v) is 22.6. The zero-order valence-electron chi connectivity index (χ0n) is 22.6. The Balaban J connectivity index is 1.39. The van der Waals surface area contributed by atoms with Gasteiger partial charge in [0, 0.05) is 57.2 Å². The molecule has 0 bridgehead atoms. The standard InChI is InChI=1S/C29H37N3O6/c1-18-13-32(14-20-5-6-20)19(2)16-36-25-12-22(8-9-23(25)29(34)31(3)15-27(18)35-4)30-28(33)21-7-10-24-26(11-21)38-17-37-24/h7-12,18-20,27H,5-6,13-17H2,1-4H3,(H,30,33)/t18-,19-,27-/m1/s1. The molecule has 204 valence electrons. The maximum atomic E-state index is 13.5. The van der Waals surface area contributed by atoms with Gasteiger partial charge < -0.3 is 29.2 Å². The Bertz CT molecular complexity index is 1180. The molecule has 2 aromatic carbocycles. The first-order chi connectivity index (χ1) is 18.3. The van der Waals surface area contributed by atoms with Crippen LogP contribution in [0.5, 0.6) is 17.2 Å². The number of nitrogens with zero attached hydrogens (tertiary/aromatic N) is 2. The molecule has 2 aliphatic heterocycles. The number of benzene rings is 2. The molecule has 9 nitrogen and oxygen atoms in total. The van der Waals surface area contributed by atoms with Crippen molar-refractivity contribution in [1.82, 2.24) is 9.80 Å². The van der Waals surface area contributed by atoms with Gasteiger partial charge in [-0.2, -0.15) is 0 Å². The van der Waals surface area contributed by atoms with Crippen LogP contribution in [0.15, 0.2) is 36.4 Å². The highest BCUT2D eigenvalue weighted by molar-refractivity contribution is 6.05. The molecule has 0 aromatic heterocycles. The number of hydrogen-bond acceptors (Lipinski definition) is 7. The van der Waals surface area contributed by atoms with E-state index in [1.54, 1.807) is 55.5 Å². The highest BCUT2D eigenvalue weighted by Crippen LogP contribution is 2.34. The number of likely N-dealkylation sites (N-methyl/N-ethyl adjacent to an activating group) is 1. The lowest BCUT2D eigenvalue weighted by molar-refractivity contribution is 0.00994. The Hall–Kier alpha value is -3.30. The first-order valence-electron chi connectivity index (χ1n) is 13.3. The topological polar surface area (TPSA) is 89.6 Å². The molecule has 1 fully saturated rings. The van der Waals surface area contributed by atoms with E-state index in [0.29, 0.717) is 47.2 Å². The van der Waals surface area contributed by atoms with Crippen molar-refractivity contribution in [2.75, 3.05) is 52.5 Å². The number of nitrogens with one attached hydrogen (secondary N) is 1. The lowest BCUT2D eigenvalue weighted by Crippen LogP contribution is -2.47. The quantitative estimate of drug-likeness (QED) is 0.636. The predicted octanol–water partition coefficient (Wildman–Crippen LogP) is 3.88. The highest BCUT2D eigenvalue weighted by atomic mass is 16.7. The summed E-state index contributed by atoms with van der Waals surface area (Å²) in [5, 5.41) is 2.92. The van der Waals surface area contributed by atoms with E-state index in [1.165, 1.54) is 12.8 Å². The number of rotatable bonds is 5. The lowest BCUT2D eigenvalue weighted by atomic mass is 10.0. The first-order valence-corrected chi connectivity index (χ1v) is 13.3. The van der Waals surface area contributed by atoms with Gasteiger partial charge in [0.25, 0.3) is 11.8 Å². The molecule has 0 unspecified atom stereocenters. The van der Waals surface area contributed by atoms with Crippen molar-refractivity contribution in [3.63, 3.8) is 0 Å². The van der Waals surface area contributed by atoms with Gasteiger partial charge in [-0.15, -0.1) is 0 Å². The molecule has 0 saturated heterocycles. The third-order valence-electron chi connectivity index (χ3n) is 7.66. The van der Waals surface area contributed by atoms with Gasteiger partial charge >= 0.3 is 0 Å². The summed E-state index contributed by atoms with van der Waals surface area (Å²) < 4.78 is 22.9. The highest BCUT2D eigenvalue weighted by Gasteiger charge is 2.31. The first kappa shape index (κ1) is 26.3. The van der Waals surface area contributed by atoms with Crippen molar-refractivity contribution < 1.29 is 28.5 Å². The summed E-state index contributed by atoms with van der Waals surface area (Å²) in [4.78, 5) is 30.6. The van der Waals surface area contributed by atoms with Gasteiger partial charge in [-0.05, 0) is 61.9 Å². The van der Waals surface area contributed by atoms with E-state index in [0.717, 1.165) is 19.0 Å². The number of methoxy groups -OCH3 is 1. The Kier molecular flexibility index (Phi) is 7.76. The molecule has 5 rings (SSSR count). The number of anilines is 1. The van der Waals surface area contributed by atoms with Crippen LogP contribution in [0.4, 0.5) is 5.69 Å². The normalized spacial score (nSPS) is 24.2. The van der Waals surface area contributed by atoms with Crippen LogP contribution < -0.4 is 19.5 Å². The molecular formula is C29H37N3O6. The molecule has 2 amide bonds. The van der Waals surface area contributed by atoms with Gasteiger partial charge in [0.15, 0.2) is 11.5 Å². The molecule has 0 spiro atoms. The minimum absolute atomic E-state index is 0.0816. The number of fused-ring (bicyclic) bond motifs is 2. The smallest absolute Gasteiger partial charge is 0.257 e. The van der Waals surface area contributed by atoms with Gasteiger partial charge in [0.1, 0.15) is 12.4 Å². The fourth-order valence-corrected chi connectivity index (χ4v) is 5.05. The van der Waals surface area contributed by atoms with Gasteiger partial charge in [0.05, 0.1) is 11.7 Å². The summed E-state index contributed by atoms with van der Waals surface area (Å²) in [6.07, 6.45) is 2.47. The SMILES string of the molecule is CO[C@@H]1CN(C)C(=O)c2ccc(NC(=O)c3ccc4c(c3)OCO4)cc2OC[C@@H](C)N(CC2CC2)C[C@H]1C. The number of carbonyl (C=O) groups is 2. The summed E-state index contributed by atoms with van der Waals surface area (Å²) in [5.41, 5.74) is 1.44. The van der Waals surface area contributed by atoms with E-state index < -0.39 is 0 Å². The zero-order chi connectivity index (χ0) is 26.8. The molecular weight excluding hydrogens is 486 g/mol. The summed E-state index contributed by atoms with van der Waals surface area (Å²) in [6.45, 7) is 7.32. The van der Waals surface area contributed by atoms with Crippen molar-refractivity contribution in [2.24, 2.45) is 11.8 Å². The van der Waals surface area contributed by atoms with E-state index in [4.69, 9.17) is 18.9 Å². The van der Waals surface area contributed by atoms with E-state index in [2.05, 4.69) is 24.1 Å². The molecule has 2 aromatic rings. The number of hydrogen-bond donors (Lipinski definition) is 1. The second-order valence-corrected chi connectivity index (χ2v) is 10.7. The summed E-state index contributed by atoms with van der Waals surface area (Å²) in [7, 11) is 3.50. The van der Waals surface area contributed by atoms with E-state index in [-0.39, 0.29) is 36.7 Å². The number of ether oxygens (including phenoxy) is 4. The predicted molar refractivity (Wildman–Crippen MR) is 143 cm³/mol. The molecule has 3 aliphatic rings. The van der Waals surface area contributed by atoms with Crippen LogP contribution in [0.25, 0.3) is 0 Å². The Morgan fingerprint density at radius 1 is 1.03 bits per heavy atom. The van der Waals surface area contributed by atoms with Crippen molar-refractivity contribution in [3.05, 3.63) is 47.5 Å². The van der Waals surface area contributed by atoms with E-state index in [1.807, 2.05) is 0 Å². The third-order valence-corrected chi connectivity index (χ3v) is 7.66. The monoisotopic (exact) mass is 523 g/mol. The van der Waals surface area contributed by atoms with Crippen LogP contribution in [0.2, 0.25) is 0 Å². The minimum atomic E-state index is -0.291. The van der Waals surface area contributed by atoms with Gasteiger partial charge in [-0.3, -0.25) is 14.5 Å². The van der Waals surface area contributed by atoms with Crippen LogP contribution in [0.3, 0.4) is 0 Å². The third kappa shape index (κ3) is 5.89. The number of carbonyl (C=O) groups excluding carboxylic acids is 2. The molecule has 9 heteroatoms. The van der Waals surface area contributed by atoms with Crippen molar-refractivity contribution in [1.29, 1.82) is 0 Å². The fourth-order valence-electron chi connectivity index (χ4n) is 5.05. The summed E-state index contributed by atoms with van der Waals surface area (Å²) in [5.74, 6) is 2.17. The second-order valence-electron chi connectivity index (χ2n) is 10.7. The van der Waals surface area contributed by atoms with Crippen LogP contribution in [-0.4, -0.2) is 81.0 Å². The molecule has 0 radical (unpaired) electrons. The van der Waals surface area contributed by atoms with Crippen LogP contribution >= 0.6 is 0 Å². The van der Waals surface area contributed by atoms with Crippen LogP contribution in [0.1, 0.15) is 47.4 Å².